The van der Waals surface area contributed by atoms with Gasteiger partial charge in [-0.25, -0.2) is 0 Å². The summed E-state index contributed by atoms with van der Waals surface area (Å²) in [6, 6.07) is 1.87. The zero-order chi connectivity index (χ0) is 12.6. The van der Waals surface area contributed by atoms with Crippen LogP contribution in [0, 0.1) is 17.2 Å². The highest BCUT2D eigenvalue weighted by molar-refractivity contribution is 5.77. The summed E-state index contributed by atoms with van der Waals surface area (Å²) in [7, 11) is 0. The molecule has 0 bridgehead atoms. The molecule has 0 rings (SSSR count). The molecule has 0 aromatic rings. The predicted molar refractivity (Wildman–Crippen MR) is 58.5 cm³/mol. The van der Waals surface area contributed by atoms with Crippen molar-refractivity contribution >= 4 is 11.9 Å². The van der Waals surface area contributed by atoms with Crippen LogP contribution in [0.4, 0.5) is 0 Å². The van der Waals surface area contributed by atoms with Gasteiger partial charge in [-0.1, -0.05) is 13.8 Å². The molecule has 0 spiro atoms. The Morgan fingerprint density at radius 3 is 2.50 bits per heavy atom. The number of carbonyl (C=O) groups excluding carboxylic acids is 1. The van der Waals surface area contributed by atoms with Gasteiger partial charge in [-0.2, -0.15) is 5.26 Å². The third-order valence-electron chi connectivity index (χ3n) is 2.25. The highest BCUT2D eigenvalue weighted by Gasteiger charge is 2.15. The smallest absolute Gasteiger partial charge is 0.303 e. The predicted octanol–water partition coefficient (Wildman–Crippen LogP) is 1.30. The monoisotopic (exact) mass is 226 g/mol. The van der Waals surface area contributed by atoms with Crippen molar-refractivity contribution in [3.63, 3.8) is 0 Å². The van der Waals surface area contributed by atoms with Crippen molar-refractivity contribution in [2.45, 2.75) is 45.6 Å². The molecule has 0 aliphatic carbocycles. The van der Waals surface area contributed by atoms with Crippen LogP contribution in [0.3, 0.4) is 0 Å². The fraction of sp³-hybridized carbons (Fsp3) is 0.727. The Balaban J connectivity index is 3.97. The highest BCUT2D eigenvalue weighted by atomic mass is 16.4. The molecule has 2 N–H and O–H groups in total. The van der Waals surface area contributed by atoms with E-state index in [2.05, 4.69) is 5.32 Å². The molecule has 0 heterocycles. The van der Waals surface area contributed by atoms with Crippen molar-refractivity contribution in [1.29, 1.82) is 5.26 Å². The van der Waals surface area contributed by atoms with Crippen LogP contribution in [-0.4, -0.2) is 23.0 Å². The van der Waals surface area contributed by atoms with Crippen molar-refractivity contribution in [2.75, 3.05) is 0 Å². The summed E-state index contributed by atoms with van der Waals surface area (Å²) in [4.78, 5) is 21.9. The molecule has 0 saturated heterocycles. The number of aliphatic carboxylic acids is 1. The minimum atomic E-state index is -0.899. The number of amides is 1. The number of hydrogen-bond acceptors (Lipinski definition) is 3. The second-order valence-electron chi connectivity index (χ2n) is 3.94. The molecule has 0 aromatic carbocycles. The van der Waals surface area contributed by atoms with Crippen LogP contribution in [0.25, 0.3) is 0 Å². The first-order valence-electron chi connectivity index (χ1n) is 5.37. The molecule has 2 atom stereocenters. The third-order valence-corrected chi connectivity index (χ3v) is 2.25. The first-order chi connectivity index (χ1) is 7.49. The van der Waals surface area contributed by atoms with Crippen molar-refractivity contribution in [3.05, 3.63) is 0 Å². The fourth-order valence-electron chi connectivity index (χ4n) is 1.38. The van der Waals surface area contributed by atoms with Crippen LogP contribution in [0.2, 0.25) is 0 Å². The average Bonchev–Trinajstić information content (AvgIpc) is 2.15. The Morgan fingerprint density at radius 1 is 1.44 bits per heavy atom. The second-order valence-corrected chi connectivity index (χ2v) is 3.94. The Morgan fingerprint density at radius 2 is 2.06 bits per heavy atom. The minimum Gasteiger partial charge on any atom is -0.481 e. The van der Waals surface area contributed by atoms with Crippen molar-refractivity contribution in [2.24, 2.45) is 5.92 Å². The van der Waals surface area contributed by atoms with E-state index in [-0.39, 0.29) is 37.1 Å². The molecule has 90 valence electrons. The molecular weight excluding hydrogens is 208 g/mol. The van der Waals surface area contributed by atoms with Crippen molar-refractivity contribution < 1.29 is 14.7 Å². The normalized spacial score (nSPS) is 13.6. The van der Waals surface area contributed by atoms with Crippen LogP contribution in [-0.2, 0) is 9.59 Å². The fourth-order valence-corrected chi connectivity index (χ4v) is 1.38. The third kappa shape index (κ3) is 6.82. The molecule has 0 saturated carbocycles. The highest BCUT2D eigenvalue weighted by Crippen LogP contribution is 2.08. The summed E-state index contributed by atoms with van der Waals surface area (Å²) in [5.74, 6) is -1.27. The maximum absolute atomic E-state index is 11.5. The molecule has 5 heteroatoms. The van der Waals surface area contributed by atoms with E-state index < -0.39 is 5.97 Å². The molecule has 0 radical (unpaired) electrons. The van der Waals surface area contributed by atoms with E-state index in [9.17, 15) is 9.59 Å². The van der Waals surface area contributed by atoms with Gasteiger partial charge in [-0.3, -0.25) is 9.59 Å². The van der Waals surface area contributed by atoms with Crippen LogP contribution in [0.1, 0.15) is 39.5 Å². The summed E-state index contributed by atoms with van der Waals surface area (Å²) < 4.78 is 0. The van der Waals surface area contributed by atoms with E-state index in [0.717, 1.165) is 0 Å². The van der Waals surface area contributed by atoms with Crippen LogP contribution < -0.4 is 5.32 Å². The van der Waals surface area contributed by atoms with Gasteiger partial charge in [0.1, 0.15) is 0 Å². The molecule has 2 unspecified atom stereocenters. The van der Waals surface area contributed by atoms with Gasteiger partial charge in [0.2, 0.25) is 5.91 Å². The number of nitrogens with zero attached hydrogens (tertiary/aromatic N) is 1. The zero-order valence-corrected chi connectivity index (χ0v) is 9.69. The van der Waals surface area contributed by atoms with Gasteiger partial charge in [0, 0.05) is 18.9 Å². The molecule has 1 amide bonds. The lowest BCUT2D eigenvalue weighted by Crippen LogP contribution is -2.35. The molecule has 0 aromatic heterocycles. The van der Waals surface area contributed by atoms with Gasteiger partial charge in [0.25, 0.3) is 0 Å². The van der Waals surface area contributed by atoms with E-state index in [1.807, 2.05) is 13.0 Å². The quantitative estimate of drug-likeness (QED) is 0.684. The maximum Gasteiger partial charge on any atom is 0.303 e. The largest absolute Gasteiger partial charge is 0.481 e. The van der Waals surface area contributed by atoms with Gasteiger partial charge in [0.05, 0.1) is 12.5 Å². The lowest BCUT2D eigenvalue weighted by Gasteiger charge is -2.15. The van der Waals surface area contributed by atoms with E-state index in [1.54, 1.807) is 6.92 Å². The molecule has 0 aliphatic heterocycles. The number of carboxylic acids is 1. The number of nitrogens with one attached hydrogen (secondary N) is 1. The summed E-state index contributed by atoms with van der Waals surface area (Å²) in [6.45, 7) is 3.61. The first-order valence-corrected chi connectivity index (χ1v) is 5.37. The Labute approximate surface area is 95.4 Å². The number of hydrogen-bond donors (Lipinski definition) is 2. The number of rotatable bonds is 7. The Hall–Kier alpha value is -1.57. The minimum absolute atomic E-state index is 0.0114. The molecule has 0 fully saturated rings. The molecular formula is C11H18N2O3. The molecule has 16 heavy (non-hydrogen) atoms. The van der Waals surface area contributed by atoms with Crippen LogP contribution >= 0.6 is 0 Å². The maximum atomic E-state index is 11.5. The number of nitriles is 1. The van der Waals surface area contributed by atoms with Crippen molar-refractivity contribution in [1.82, 2.24) is 5.32 Å². The van der Waals surface area contributed by atoms with Crippen molar-refractivity contribution in [3.8, 4) is 6.07 Å². The molecule has 5 nitrogen and oxygen atoms in total. The topological polar surface area (TPSA) is 90.2 Å². The van der Waals surface area contributed by atoms with Gasteiger partial charge in [-0.15, -0.1) is 0 Å². The number of carboxylic acid groups (broad SMARTS) is 1. The van der Waals surface area contributed by atoms with Gasteiger partial charge < -0.3 is 10.4 Å². The lowest BCUT2D eigenvalue weighted by molar-refractivity contribution is -0.138. The SMILES string of the molecule is CCC(CC#N)NC(=O)CC(C)CC(=O)O. The summed E-state index contributed by atoms with van der Waals surface area (Å²) in [6.07, 6.45) is 1.17. The standard InChI is InChI=1S/C11H18N2O3/c1-3-9(4-5-12)13-10(14)6-8(2)7-11(15)16/h8-9H,3-4,6-7H2,1-2H3,(H,13,14)(H,15,16). The van der Waals surface area contributed by atoms with E-state index >= 15 is 0 Å². The first kappa shape index (κ1) is 14.4. The Kier molecular flexibility index (Phi) is 6.93. The van der Waals surface area contributed by atoms with E-state index in [4.69, 9.17) is 10.4 Å². The molecule has 0 aliphatic rings. The van der Waals surface area contributed by atoms with E-state index in [0.29, 0.717) is 6.42 Å². The Bertz CT molecular complexity index is 283. The zero-order valence-electron chi connectivity index (χ0n) is 9.69. The summed E-state index contributed by atoms with van der Waals surface area (Å²) in [5.41, 5.74) is 0. The average molecular weight is 226 g/mol. The summed E-state index contributed by atoms with van der Waals surface area (Å²) >= 11 is 0. The van der Waals surface area contributed by atoms with Gasteiger partial charge >= 0.3 is 5.97 Å². The number of carbonyl (C=O) groups is 2. The van der Waals surface area contributed by atoms with E-state index in [1.165, 1.54) is 0 Å². The van der Waals surface area contributed by atoms with Gasteiger partial charge in [-0.05, 0) is 12.3 Å². The van der Waals surface area contributed by atoms with Crippen LogP contribution in [0.15, 0.2) is 0 Å². The lowest BCUT2D eigenvalue weighted by atomic mass is 10.0. The van der Waals surface area contributed by atoms with Crippen LogP contribution in [0.5, 0.6) is 0 Å². The van der Waals surface area contributed by atoms with Gasteiger partial charge in [0.15, 0.2) is 0 Å². The summed E-state index contributed by atoms with van der Waals surface area (Å²) in [5, 5.41) is 19.8. The second kappa shape index (κ2) is 7.69.